The minimum Gasteiger partial charge on any atom is -0.396 e. The van der Waals surface area contributed by atoms with E-state index in [1.807, 2.05) is 13.8 Å². The number of hydrogen-bond donors (Lipinski definition) is 2. The van der Waals surface area contributed by atoms with Crippen LogP contribution in [0.15, 0.2) is 23.3 Å². The smallest absolute Gasteiger partial charge is 0.133 e. The second kappa shape index (κ2) is 17.7. The molecule has 0 aromatic heterocycles. The molecule has 8 unspecified atom stereocenters. The third kappa shape index (κ3) is 7.88. The number of allylic oxidation sites excluding steroid dienone is 4. The van der Waals surface area contributed by atoms with Crippen molar-refractivity contribution in [2.45, 2.75) is 208 Å². The van der Waals surface area contributed by atoms with E-state index in [2.05, 4.69) is 39.8 Å². The number of unbranched alkanes of at least 4 members (excludes halogenated alkanes) is 4. The Morgan fingerprint density at radius 3 is 1.39 bits per heavy atom. The lowest BCUT2D eigenvalue weighted by Gasteiger charge is -2.59. The van der Waals surface area contributed by atoms with Gasteiger partial charge < -0.3 is 14.9 Å². The first kappa shape index (κ1) is 44.3. The van der Waals surface area contributed by atoms with Crippen LogP contribution in [0, 0.1) is 80.8 Å². The zero-order chi connectivity index (χ0) is 41.7. The Hall–Kier alpha value is -1.30. The number of carbonyl (C=O) groups excluding carboxylic acids is 2. The van der Waals surface area contributed by atoms with Gasteiger partial charge in [-0.3, -0.25) is 9.59 Å². The fourth-order valence-electron chi connectivity index (χ4n) is 17.7. The van der Waals surface area contributed by atoms with E-state index in [0.29, 0.717) is 35.2 Å². The van der Waals surface area contributed by atoms with Crippen LogP contribution in [0.25, 0.3) is 0 Å². The summed E-state index contributed by atoms with van der Waals surface area (Å²) in [6.45, 7) is 14.5. The summed E-state index contributed by atoms with van der Waals surface area (Å²) in [5.41, 5.74) is 4.43. The number of rotatable bonds is 16. The zero-order valence-electron chi connectivity index (χ0n) is 38.6. The maximum atomic E-state index is 12.8. The zero-order valence-corrected chi connectivity index (χ0v) is 38.6. The predicted octanol–water partition coefficient (Wildman–Crippen LogP) is 12.4. The quantitative estimate of drug-likeness (QED) is 0.120. The van der Waals surface area contributed by atoms with Crippen LogP contribution < -0.4 is 0 Å². The molecule has 8 rings (SSSR count). The van der Waals surface area contributed by atoms with Gasteiger partial charge in [-0.05, 0) is 211 Å². The van der Waals surface area contributed by atoms with Gasteiger partial charge in [0.2, 0.25) is 0 Å². The van der Waals surface area contributed by atoms with Crippen molar-refractivity contribution < 1.29 is 24.5 Å². The fourth-order valence-corrected chi connectivity index (χ4v) is 17.7. The minimum atomic E-state index is 0.200. The first-order valence-corrected chi connectivity index (χ1v) is 25.6. The summed E-state index contributed by atoms with van der Waals surface area (Å²) in [7, 11) is 0. The fraction of sp³-hybridized carbons (Fsp3) is 0.889. The van der Waals surface area contributed by atoms with Gasteiger partial charge in [-0.15, -0.1) is 0 Å². The van der Waals surface area contributed by atoms with Gasteiger partial charge in [-0.25, -0.2) is 0 Å². The molecule has 0 heterocycles. The van der Waals surface area contributed by atoms with Gasteiger partial charge in [0.05, 0.1) is 12.2 Å². The summed E-state index contributed by atoms with van der Waals surface area (Å²) in [6, 6.07) is 0. The summed E-state index contributed by atoms with van der Waals surface area (Å²) in [4.78, 5) is 25.5. The van der Waals surface area contributed by atoms with Gasteiger partial charge in [0.15, 0.2) is 0 Å². The van der Waals surface area contributed by atoms with Gasteiger partial charge in [-0.2, -0.15) is 0 Å². The highest BCUT2D eigenvalue weighted by Gasteiger charge is 2.61. The predicted molar refractivity (Wildman–Crippen MR) is 238 cm³/mol. The summed E-state index contributed by atoms with van der Waals surface area (Å²) in [6.07, 6.45) is 33.8. The number of ketones is 2. The van der Waals surface area contributed by atoms with Crippen molar-refractivity contribution in [3.63, 3.8) is 0 Å². The molecule has 8 aliphatic carbocycles. The van der Waals surface area contributed by atoms with Crippen LogP contribution >= 0.6 is 0 Å². The van der Waals surface area contributed by atoms with Gasteiger partial charge in [-0.1, -0.05) is 76.7 Å². The van der Waals surface area contributed by atoms with Crippen molar-refractivity contribution >= 4 is 11.6 Å². The Balaban J connectivity index is 0.993. The van der Waals surface area contributed by atoms with E-state index in [1.54, 1.807) is 11.1 Å². The monoisotopic (exact) mass is 815 g/mol. The van der Waals surface area contributed by atoms with Crippen molar-refractivity contribution in [1.29, 1.82) is 0 Å². The lowest BCUT2D eigenvalue weighted by Crippen LogP contribution is -2.51. The maximum Gasteiger partial charge on any atom is 0.133 e. The first-order chi connectivity index (χ1) is 28.3. The minimum absolute atomic E-state index is 0.200. The molecule has 0 saturated heterocycles. The lowest BCUT2D eigenvalue weighted by molar-refractivity contribution is -0.128. The van der Waals surface area contributed by atoms with Crippen LogP contribution in [0.1, 0.15) is 196 Å². The molecule has 0 aliphatic heterocycles. The van der Waals surface area contributed by atoms with Crippen LogP contribution in [0.5, 0.6) is 0 Å². The SMILES string of the molecule is CC(=O)[C@H]1CCC2C3CC=C4C[C@@H](C(CCCCCO)OC(CCCCCO)[C@H]5CC[C@@]6(C)C(=CCC7C6CC[C@@]6(C)C7CC[C@@H]6C(C)=O)C5)CC[C@]4(C)C3CC[C@@]21C. The molecule has 8 aliphatic rings. The lowest BCUT2D eigenvalue weighted by atomic mass is 9.46. The molecule has 5 heteroatoms. The number of hydrogen-bond acceptors (Lipinski definition) is 5. The molecule has 6 saturated carbocycles. The number of Topliss-reactive ketones (excluding diaryl/α,β-unsaturated/α-hetero) is 2. The Labute approximate surface area is 360 Å². The van der Waals surface area contributed by atoms with Crippen molar-refractivity contribution in [3.05, 3.63) is 23.3 Å². The molecule has 5 nitrogen and oxygen atoms in total. The van der Waals surface area contributed by atoms with Crippen LogP contribution in [0.2, 0.25) is 0 Å². The topological polar surface area (TPSA) is 83.8 Å². The number of aliphatic hydroxyl groups excluding tert-OH is 2. The van der Waals surface area contributed by atoms with Crippen molar-refractivity contribution in [2.24, 2.45) is 80.8 Å². The van der Waals surface area contributed by atoms with E-state index in [0.717, 1.165) is 87.9 Å². The van der Waals surface area contributed by atoms with Crippen LogP contribution in [-0.2, 0) is 14.3 Å². The molecule has 0 spiro atoms. The Morgan fingerprint density at radius 1 is 0.576 bits per heavy atom. The van der Waals surface area contributed by atoms with Crippen molar-refractivity contribution in [2.75, 3.05) is 13.2 Å². The van der Waals surface area contributed by atoms with Gasteiger partial charge in [0.25, 0.3) is 0 Å². The van der Waals surface area contributed by atoms with Gasteiger partial charge in [0, 0.05) is 25.0 Å². The molecule has 59 heavy (non-hydrogen) atoms. The average molecular weight is 815 g/mol. The summed E-state index contributed by atoms with van der Waals surface area (Å²) >= 11 is 0. The summed E-state index contributed by atoms with van der Waals surface area (Å²) < 4.78 is 7.69. The van der Waals surface area contributed by atoms with Crippen molar-refractivity contribution in [3.8, 4) is 0 Å². The van der Waals surface area contributed by atoms with Crippen LogP contribution in [0.3, 0.4) is 0 Å². The molecule has 0 radical (unpaired) electrons. The molecule has 16 atom stereocenters. The third-order valence-electron chi connectivity index (χ3n) is 21.0. The summed E-state index contributed by atoms with van der Waals surface area (Å²) in [5.74, 6) is 6.84. The average Bonchev–Trinajstić information content (AvgIpc) is 3.76. The van der Waals surface area contributed by atoms with E-state index >= 15 is 0 Å². The molecule has 6 fully saturated rings. The molecule has 0 aromatic carbocycles. The van der Waals surface area contributed by atoms with Crippen LogP contribution in [-0.4, -0.2) is 47.2 Å². The largest absolute Gasteiger partial charge is 0.396 e. The molecule has 0 aromatic rings. The van der Waals surface area contributed by atoms with Gasteiger partial charge in [0.1, 0.15) is 11.6 Å². The molecule has 2 N–H and O–H groups in total. The summed E-state index contributed by atoms with van der Waals surface area (Å²) in [5, 5.41) is 19.4. The van der Waals surface area contributed by atoms with E-state index in [1.165, 1.54) is 89.9 Å². The second-order valence-corrected chi connectivity index (χ2v) is 23.5. The number of ether oxygens (including phenoxy) is 1. The highest BCUT2D eigenvalue weighted by molar-refractivity contribution is 5.80. The molecule has 0 bridgehead atoms. The van der Waals surface area contributed by atoms with Crippen molar-refractivity contribution in [1.82, 2.24) is 0 Å². The third-order valence-corrected chi connectivity index (χ3v) is 21.0. The second-order valence-electron chi connectivity index (χ2n) is 23.5. The Kier molecular flexibility index (Phi) is 13.3. The molecule has 0 amide bonds. The molecular formula is C54H86O5. The number of aliphatic hydroxyl groups is 2. The van der Waals surface area contributed by atoms with E-state index in [-0.39, 0.29) is 58.9 Å². The van der Waals surface area contributed by atoms with E-state index in [4.69, 9.17) is 4.74 Å². The number of fused-ring (bicyclic) bond motifs is 10. The Morgan fingerprint density at radius 2 is 1.00 bits per heavy atom. The standard InChI is InChI=1S/C54H86O5/c1-35(57)43-19-21-45-41-17-15-39-33-37(23-27-51(39,3)47(41)25-29-53(43,45)5)49(13-9-7-11-31-55)59-50(14-10-8-12-32-56)38-24-28-52(4)40(34-38)16-18-42-46-22-20-44(36(2)58)54(46,6)30-26-48(42)52/h15-16,37-38,41-50,55-56H,7-14,17-34H2,1-6H3/t37-,38-,41?,42?,43+,44+,45?,46?,47?,48?,49?,50?,51-,52-,53+,54+/m0/s1. The molecule has 332 valence electrons. The highest BCUT2D eigenvalue weighted by Crippen LogP contribution is 2.69. The Bertz CT molecular complexity index is 1470. The van der Waals surface area contributed by atoms with E-state index < -0.39 is 0 Å². The van der Waals surface area contributed by atoms with Crippen LogP contribution in [0.4, 0.5) is 0 Å². The maximum absolute atomic E-state index is 12.8. The molecular weight excluding hydrogens is 729 g/mol. The normalized spacial score (nSPS) is 44.7. The first-order valence-electron chi connectivity index (χ1n) is 25.6. The highest BCUT2D eigenvalue weighted by atomic mass is 16.5. The van der Waals surface area contributed by atoms with Gasteiger partial charge >= 0.3 is 0 Å². The van der Waals surface area contributed by atoms with E-state index in [9.17, 15) is 19.8 Å². The number of carbonyl (C=O) groups is 2.